The molecule has 0 unspecified atom stereocenters. The summed E-state index contributed by atoms with van der Waals surface area (Å²) in [4.78, 5) is 0. The normalized spacial score (nSPS) is 11.8. The van der Waals surface area contributed by atoms with Gasteiger partial charge in [-0.1, -0.05) is 88.7 Å². The van der Waals surface area contributed by atoms with Crippen molar-refractivity contribution in [1.29, 1.82) is 0 Å². The number of hydrogen-bond donors (Lipinski definition) is 0. The van der Waals surface area contributed by atoms with Crippen LogP contribution >= 0.6 is 15.9 Å². The van der Waals surface area contributed by atoms with E-state index in [1.54, 1.807) is 0 Å². The molecule has 2 heterocycles. The summed E-state index contributed by atoms with van der Waals surface area (Å²) in [6.45, 7) is 0. The van der Waals surface area contributed by atoms with E-state index in [4.69, 9.17) is 4.42 Å². The second kappa shape index (κ2) is 7.09. The van der Waals surface area contributed by atoms with Crippen LogP contribution in [0.4, 0.5) is 0 Å². The monoisotopic (exact) mass is 487 g/mol. The molecule has 0 aliphatic heterocycles. The highest BCUT2D eigenvalue weighted by Gasteiger charge is 2.15. The largest absolute Gasteiger partial charge is 0.455 e. The zero-order valence-corrected chi connectivity index (χ0v) is 19.2. The van der Waals surface area contributed by atoms with Crippen LogP contribution in [0.25, 0.3) is 60.6 Å². The van der Waals surface area contributed by atoms with E-state index in [0.717, 1.165) is 43.2 Å². The lowest BCUT2D eigenvalue weighted by Gasteiger charge is -2.12. The van der Waals surface area contributed by atoms with Crippen molar-refractivity contribution < 1.29 is 4.42 Å². The van der Waals surface area contributed by atoms with E-state index in [0.29, 0.717) is 0 Å². The molecule has 3 heteroatoms. The van der Waals surface area contributed by atoms with Gasteiger partial charge < -0.3 is 8.98 Å². The molecule has 7 aromatic rings. The number of hydrogen-bond acceptors (Lipinski definition) is 1. The van der Waals surface area contributed by atoms with Crippen LogP contribution < -0.4 is 0 Å². The van der Waals surface area contributed by atoms with Crippen molar-refractivity contribution in [3.05, 3.63) is 114 Å². The molecule has 0 bridgehead atoms. The van der Waals surface area contributed by atoms with Crippen molar-refractivity contribution in [2.24, 2.45) is 0 Å². The van der Waals surface area contributed by atoms with Crippen LogP contribution in [0.2, 0.25) is 0 Å². The SMILES string of the molecule is Brc1cc(-c2cccc3c2oc2ccccc23)cc(-n2c3ccccc3c3ccccc32)c1. The van der Waals surface area contributed by atoms with Crippen LogP contribution in [0.15, 0.2) is 118 Å². The Morgan fingerprint density at radius 1 is 0.576 bits per heavy atom. The van der Waals surface area contributed by atoms with Crippen LogP contribution in [0.3, 0.4) is 0 Å². The Morgan fingerprint density at radius 3 is 1.97 bits per heavy atom. The molecule has 0 radical (unpaired) electrons. The van der Waals surface area contributed by atoms with E-state index in [2.05, 4.69) is 118 Å². The number of fused-ring (bicyclic) bond motifs is 6. The highest BCUT2D eigenvalue weighted by atomic mass is 79.9. The number of nitrogens with zero attached hydrogens (tertiary/aromatic N) is 1. The van der Waals surface area contributed by atoms with Gasteiger partial charge in [-0.15, -0.1) is 0 Å². The van der Waals surface area contributed by atoms with E-state index in [-0.39, 0.29) is 0 Å². The molecule has 0 amide bonds. The highest BCUT2D eigenvalue weighted by molar-refractivity contribution is 9.10. The van der Waals surface area contributed by atoms with Gasteiger partial charge in [0.15, 0.2) is 0 Å². The van der Waals surface area contributed by atoms with Gasteiger partial charge in [0, 0.05) is 37.3 Å². The van der Waals surface area contributed by atoms with E-state index in [1.807, 2.05) is 12.1 Å². The van der Waals surface area contributed by atoms with Crippen LogP contribution in [0.1, 0.15) is 0 Å². The Balaban J connectivity index is 1.53. The van der Waals surface area contributed by atoms with Crippen LogP contribution in [-0.2, 0) is 0 Å². The molecule has 2 aromatic heterocycles. The van der Waals surface area contributed by atoms with E-state index < -0.39 is 0 Å². The molecule has 2 nitrogen and oxygen atoms in total. The third kappa shape index (κ3) is 2.79. The van der Waals surface area contributed by atoms with Crippen molar-refractivity contribution in [1.82, 2.24) is 4.57 Å². The van der Waals surface area contributed by atoms with Crippen molar-refractivity contribution in [2.75, 3.05) is 0 Å². The first-order valence-corrected chi connectivity index (χ1v) is 11.8. The fourth-order valence-electron chi connectivity index (χ4n) is 5.03. The Bertz CT molecular complexity index is 1790. The molecule has 33 heavy (non-hydrogen) atoms. The Morgan fingerprint density at radius 2 is 1.21 bits per heavy atom. The predicted octanol–water partition coefficient (Wildman–Crippen LogP) is 9.11. The maximum atomic E-state index is 6.33. The van der Waals surface area contributed by atoms with Gasteiger partial charge in [0.1, 0.15) is 11.2 Å². The van der Waals surface area contributed by atoms with E-state index in [9.17, 15) is 0 Å². The summed E-state index contributed by atoms with van der Waals surface area (Å²) in [5.74, 6) is 0. The Kier molecular flexibility index (Phi) is 4.02. The highest BCUT2D eigenvalue weighted by Crippen LogP contribution is 2.39. The molecule has 0 fully saturated rings. The summed E-state index contributed by atoms with van der Waals surface area (Å²) >= 11 is 3.78. The second-order valence-electron chi connectivity index (χ2n) is 8.35. The molecule has 0 atom stereocenters. The lowest BCUT2D eigenvalue weighted by Crippen LogP contribution is -1.95. The number of rotatable bonds is 2. The summed E-state index contributed by atoms with van der Waals surface area (Å²) in [5, 5.41) is 4.80. The lowest BCUT2D eigenvalue weighted by molar-refractivity contribution is 0.670. The van der Waals surface area contributed by atoms with Gasteiger partial charge in [-0.25, -0.2) is 0 Å². The average molecular weight is 488 g/mol. The molecule has 0 spiro atoms. The summed E-state index contributed by atoms with van der Waals surface area (Å²) < 4.78 is 9.70. The van der Waals surface area contributed by atoms with E-state index in [1.165, 1.54) is 21.8 Å². The van der Waals surface area contributed by atoms with Crippen molar-refractivity contribution in [3.8, 4) is 16.8 Å². The second-order valence-corrected chi connectivity index (χ2v) is 9.26. The van der Waals surface area contributed by atoms with E-state index >= 15 is 0 Å². The molecular formula is C30H18BrNO. The zero-order chi connectivity index (χ0) is 21.9. The number of halogens is 1. The lowest BCUT2D eigenvalue weighted by atomic mass is 10.0. The maximum absolute atomic E-state index is 6.33. The summed E-state index contributed by atoms with van der Waals surface area (Å²) in [6, 6.07) is 38.4. The fourth-order valence-corrected chi connectivity index (χ4v) is 5.52. The molecular weight excluding hydrogens is 470 g/mol. The minimum absolute atomic E-state index is 0.914. The minimum Gasteiger partial charge on any atom is -0.455 e. The Hall–Kier alpha value is -3.82. The van der Waals surface area contributed by atoms with Gasteiger partial charge in [0.05, 0.1) is 11.0 Å². The summed E-state index contributed by atoms with van der Waals surface area (Å²) in [7, 11) is 0. The first kappa shape index (κ1) is 18.7. The minimum atomic E-state index is 0.914. The fraction of sp³-hybridized carbons (Fsp3) is 0. The third-order valence-electron chi connectivity index (χ3n) is 6.44. The van der Waals surface area contributed by atoms with Gasteiger partial charge in [0.2, 0.25) is 0 Å². The molecule has 7 rings (SSSR count). The topological polar surface area (TPSA) is 18.1 Å². The molecule has 0 aliphatic rings. The molecule has 0 aliphatic carbocycles. The molecule has 5 aromatic carbocycles. The maximum Gasteiger partial charge on any atom is 0.143 e. The van der Waals surface area contributed by atoms with Gasteiger partial charge in [0.25, 0.3) is 0 Å². The number of aromatic nitrogens is 1. The third-order valence-corrected chi connectivity index (χ3v) is 6.89. The summed E-state index contributed by atoms with van der Waals surface area (Å²) in [5.41, 5.74) is 7.56. The first-order chi connectivity index (χ1) is 16.3. The zero-order valence-electron chi connectivity index (χ0n) is 17.6. The van der Waals surface area contributed by atoms with Crippen LogP contribution in [-0.4, -0.2) is 4.57 Å². The van der Waals surface area contributed by atoms with Crippen LogP contribution in [0, 0.1) is 0 Å². The van der Waals surface area contributed by atoms with Gasteiger partial charge in [-0.2, -0.15) is 0 Å². The number of furan rings is 1. The molecule has 0 N–H and O–H groups in total. The van der Waals surface area contributed by atoms with Crippen LogP contribution in [0.5, 0.6) is 0 Å². The summed E-state index contributed by atoms with van der Waals surface area (Å²) in [6.07, 6.45) is 0. The van der Waals surface area contributed by atoms with Gasteiger partial charge in [-0.05, 0) is 42.0 Å². The van der Waals surface area contributed by atoms with Gasteiger partial charge in [-0.3, -0.25) is 0 Å². The quantitative estimate of drug-likeness (QED) is 0.237. The van der Waals surface area contributed by atoms with Crippen molar-refractivity contribution in [2.45, 2.75) is 0 Å². The van der Waals surface area contributed by atoms with Crippen molar-refractivity contribution in [3.63, 3.8) is 0 Å². The van der Waals surface area contributed by atoms with Crippen molar-refractivity contribution >= 4 is 59.7 Å². The smallest absolute Gasteiger partial charge is 0.143 e. The number of para-hydroxylation sites is 4. The molecule has 0 saturated carbocycles. The van der Waals surface area contributed by atoms with Gasteiger partial charge >= 0.3 is 0 Å². The Labute approximate surface area is 198 Å². The molecule has 0 saturated heterocycles. The number of benzene rings is 5. The average Bonchev–Trinajstić information content (AvgIpc) is 3.39. The first-order valence-electron chi connectivity index (χ1n) is 11.0. The molecule has 156 valence electrons. The standard InChI is InChI=1S/C30H18BrNO/c31-20-16-19(22-11-7-12-26-25-10-3-6-15-29(25)33-30(22)26)17-21(18-20)32-27-13-4-1-8-23(27)24-9-2-5-14-28(24)32/h1-18H. The predicted molar refractivity (Wildman–Crippen MR) is 141 cm³/mol.